The van der Waals surface area contributed by atoms with Gasteiger partial charge in [0.2, 0.25) is 0 Å². The summed E-state index contributed by atoms with van der Waals surface area (Å²) >= 11 is 7.39. The van der Waals surface area contributed by atoms with Crippen molar-refractivity contribution in [2.45, 2.75) is 26.4 Å². The monoisotopic (exact) mass is 435 g/mol. The summed E-state index contributed by atoms with van der Waals surface area (Å²) < 4.78 is 10.1. The number of aromatic nitrogens is 2. The molecule has 1 aromatic carbocycles. The molecule has 0 fully saturated rings. The molecule has 0 aliphatic carbocycles. The molecule has 2 heterocycles. The molecule has 3 rings (SSSR count). The van der Waals surface area contributed by atoms with E-state index in [-0.39, 0.29) is 18.2 Å². The van der Waals surface area contributed by atoms with Crippen LogP contribution in [0, 0.1) is 6.92 Å². The molecule has 0 saturated heterocycles. The minimum Gasteiger partial charge on any atom is -0.459 e. The Labute approximate surface area is 177 Å². The van der Waals surface area contributed by atoms with Crippen LogP contribution in [0.2, 0.25) is 5.02 Å². The van der Waals surface area contributed by atoms with Crippen LogP contribution in [0.25, 0.3) is 10.2 Å². The Balaban J connectivity index is 1.79. The Morgan fingerprint density at radius 1 is 1.34 bits per heavy atom. The van der Waals surface area contributed by atoms with Crippen molar-refractivity contribution >= 4 is 39.1 Å². The number of thiophene rings is 1. The van der Waals surface area contributed by atoms with Crippen LogP contribution in [0.1, 0.15) is 39.6 Å². The molecule has 2 N–H and O–H groups in total. The number of carbonyl (C=O) groups is 1. The second-order valence-corrected chi connectivity index (χ2v) is 7.91. The smallest absolute Gasteiger partial charge is 0.348 e. The minimum absolute atomic E-state index is 0.0268. The second kappa shape index (κ2) is 9.49. The average molecular weight is 436 g/mol. The number of benzene rings is 1. The van der Waals surface area contributed by atoms with E-state index < -0.39 is 5.97 Å². The maximum atomic E-state index is 12.6. The first-order valence-electron chi connectivity index (χ1n) is 9.08. The maximum Gasteiger partial charge on any atom is 0.348 e. The zero-order valence-electron chi connectivity index (χ0n) is 16.4. The quantitative estimate of drug-likeness (QED) is 0.414. The normalized spacial score (nSPS) is 12.3. The number of hydrogen-bond donors (Lipinski definition) is 2. The molecule has 0 bridgehead atoms. The molecule has 154 valence electrons. The molecule has 29 heavy (non-hydrogen) atoms. The molecule has 0 aliphatic heterocycles. The first kappa shape index (κ1) is 21.4. The number of ether oxygens (including phenoxy) is 2. The number of fused-ring (bicyclic) bond motifs is 1. The summed E-state index contributed by atoms with van der Waals surface area (Å²) in [5.74, 6) is 0.0101. The molecular weight excluding hydrogens is 414 g/mol. The van der Waals surface area contributed by atoms with Crippen LogP contribution < -0.4 is 10.9 Å². The van der Waals surface area contributed by atoms with Gasteiger partial charge in [0.25, 0.3) is 5.56 Å². The van der Waals surface area contributed by atoms with Gasteiger partial charge in [-0.3, -0.25) is 4.79 Å². The van der Waals surface area contributed by atoms with Crippen LogP contribution >= 0.6 is 22.9 Å². The van der Waals surface area contributed by atoms with E-state index in [1.54, 1.807) is 6.92 Å². The number of esters is 1. The fourth-order valence-electron chi connectivity index (χ4n) is 2.94. The zero-order chi connectivity index (χ0) is 21.0. The van der Waals surface area contributed by atoms with Crippen molar-refractivity contribution < 1.29 is 14.3 Å². The third-order valence-electron chi connectivity index (χ3n) is 4.50. The molecule has 1 atom stereocenters. The summed E-state index contributed by atoms with van der Waals surface area (Å²) in [5, 5.41) is 4.40. The van der Waals surface area contributed by atoms with Gasteiger partial charge in [0, 0.05) is 18.2 Å². The standard InChI is InChI=1S/C20H22ClN3O4S/c1-11-16-18(25)23-15(10-22-12(2)13-6-4-5-7-14(13)21)24-19(16)29-17(11)20(26)28-9-8-27-3/h4-7,12,22H,8-10H2,1-3H3,(H,23,24,25)/t12-/m1/s1. The van der Waals surface area contributed by atoms with Gasteiger partial charge in [0.15, 0.2) is 0 Å². The van der Waals surface area contributed by atoms with E-state index in [1.807, 2.05) is 31.2 Å². The van der Waals surface area contributed by atoms with Crippen molar-refractivity contribution in [2.24, 2.45) is 0 Å². The van der Waals surface area contributed by atoms with Crippen molar-refractivity contribution in [3.63, 3.8) is 0 Å². The van der Waals surface area contributed by atoms with Crippen molar-refractivity contribution in [1.82, 2.24) is 15.3 Å². The summed E-state index contributed by atoms with van der Waals surface area (Å²) in [6.45, 7) is 4.53. The predicted octanol–water partition coefficient (Wildman–Crippen LogP) is 3.60. The number of carbonyl (C=O) groups excluding carboxylic acids is 1. The van der Waals surface area contributed by atoms with Crippen LogP contribution in [0.3, 0.4) is 0 Å². The molecule has 2 aromatic heterocycles. The van der Waals surface area contributed by atoms with Crippen LogP contribution in [0.5, 0.6) is 0 Å². The molecule has 0 amide bonds. The Bertz CT molecular complexity index is 1080. The fourth-order valence-corrected chi connectivity index (χ4v) is 4.33. The van der Waals surface area contributed by atoms with E-state index in [9.17, 15) is 9.59 Å². The molecule has 3 aromatic rings. The highest BCUT2D eigenvalue weighted by Crippen LogP contribution is 2.28. The van der Waals surface area contributed by atoms with Crippen molar-refractivity contribution in [3.8, 4) is 0 Å². The lowest BCUT2D eigenvalue weighted by molar-refractivity contribution is 0.0393. The van der Waals surface area contributed by atoms with Crippen molar-refractivity contribution in [1.29, 1.82) is 0 Å². The highest BCUT2D eigenvalue weighted by atomic mass is 35.5. The van der Waals surface area contributed by atoms with Crippen LogP contribution in [0.15, 0.2) is 29.1 Å². The number of nitrogens with one attached hydrogen (secondary N) is 2. The highest BCUT2D eigenvalue weighted by molar-refractivity contribution is 7.20. The van der Waals surface area contributed by atoms with Gasteiger partial charge in [-0.1, -0.05) is 29.8 Å². The van der Waals surface area contributed by atoms with Gasteiger partial charge in [-0.25, -0.2) is 9.78 Å². The number of rotatable bonds is 8. The fraction of sp³-hybridized carbons (Fsp3) is 0.350. The Hall–Kier alpha value is -2.26. The number of hydrogen-bond acceptors (Lipinski definition) is 7. The minimum atomic E-state index is -0.478. The van der Waals surface area contributed by atoms with Gasteiger partial charge < -0.3 is 19.8 Å². The number of methoxy groups -OCH3 is 1. The second-order valence-electron chi connectivity index (χ2n) is 6.50. The van der Waals surface area contributed by atoms with Gasteiger partial charge in [-0.05, 0) is 31.0 Å². The van der Waals surface area contributed by atoms with Crippen molar-refractivity contribution in [3.05, 3.63) is 61.5 Å². The molecule has 9 heteroatoms. The lowest BCUT2D eigenvalue weighted by atomic mass is 10.1. The van der Waals surface area contributed by atoms with E-state index in [4.69, 9.17) is 21.1 Å². The van der Waals surface area contributed by atoms with Gasteiger partial charge in [-0.2, -0.15) is 0 Å². The molecular formula is C20H22ClN3O4S. The van der Waals surface area contributed by atoms with Crippen LogP contribution in [-0.2, 0) is 16.0 Å². The highest BCUT2D eigenvalue weighted by Gasteiger charge is 2.20. The molecule has 7 nitrogen and oxygen atoms in total. The van der Waals surface area contributed by atoms with E-state index in [2.05, 4.69) is 15.3 Å². The van der Waals surface area contributed by atoms with E-state index in [0.29, 0.717) is 44.7 Å². The molecule has 0 radical (unpaired) electrons. The molecule has 0 spiro atoms. The third kappa shape index (κ3) is 4.84. The SMILES string of the molecule is COCCOC(=O)c1sc2nc(CN[C@H](C)c3ccccc3Cl)[nH]c(=O)c2c1C. The van der Waals surface area contributed by atoms with E-state index in [0.717, 1.165) is 16.9 Å². The Morgan fingerprint density at radius 2 is 2.10 bits per heavy atom. The van der Waals surface area contributed by atoms with Gasteiger partial charge >= 0.3 is 5.97 Å². The maximum absolute atomic E-state index is 12.6. The lowest BCUT2D eigenvalue weighted by Gasteiger charge is -2.15. The number of aromatic amines is 1. The molecule has 0 aliphatic rings. The van der Waals surface area contributed by atoms with E-state index in [1.165, 1.54) is 7.11 Å². The number of nitrogens with zero attached hydrogens (tertiary/aromatic N) is 1. The van der Waals surface area contributed by atoms with Gasteiger partial charge in [0.05, 0.1) is 18.5 Å². The summed E-state index contributed by atoms with van der Waals surface area (Å²) in [5.41, 5.74) is 1.26. The number of H-pyrrole nitrogens is 1. The zero-order valence-corrected chi connectivity index (χ0v) is 17.9. The summed E-state index contributed by atoms with van der Waals surface area (Å²) in [6.07, 6.45) is 0. The first-order chi connectivity index (χ1) is 13.9. The lowest BCUT2D eigenvalue weighted by Crippen LogP contribution is -2.22. The van der Waals surface area contributed by atoms with Crippen LogP contribution in [-0.4, -0.2) is 36.3 Å². The largest absolute Gasteiger partial charge is 0.459 e. The number of aryl methyl sites for hydroxylation is 1. The summed E-state index contributed by atoms with van der Waals surface area (Å²) in [4.78, 5) is 33.0. The average Bonchev–Trinajstić information content (AvgIpc) is 3.03. The topological polar surface area (TPSA) is 93.3 Å². The number of halogens is 1. The molecule has 0 saturated carbocycles. The van der Waals surface area contributed by atoms with Gasteiger partial charge in [-0.15, -0.1) is 11.3 Å². The molecule has 0 unspecified atom stereocenters. The summed E-state index contributed by atoms with van der Waals surface area (Å²) in [6, 6.07) is 7.56. The summed E-state index contributed by atoms with van der Waals surface area (Å²) in [7, 11) is 1.53. The van der Waals surface area contributed by atoms with Gasteiger partial charge in [0.1, 0.15) is 22.1 Å². The third-order valence-corrected chi connectivity index (χ3v) is 6.01. The Morgan fingerprint density at radius 3 is 2.83 bits per heavy atom. The Kier molecular flexibility index (Phi) is 7.02. The predicted molar refractivity (Wildman–Crippen MR) is 114 cm³/mol. The van der Waals surface area contributed by atoms with Crippen LogP contribution in [0.4, 0.5) is 0 Å². The van der Waals surface area contributed by atoms with Crippen molar-refractivity contribution in [2.75, 3.05) is 20.3 Å². The van der Waals surface area contributed by atoms with E-state index >= 15 is 0 Å². The first-order valence-corrected chi connectivity index (χ1v) is 10.3.